The fraction of sp³-hybridized carbons (Fsp3) is 0.389. The predicted octanol–water partition coefficient (Wildman–Crippen LogP) is 1.32. The number of hydrogen-bond donors (Lipinski definition) is 1. The highest BCUT2D eigenvalue weighted by atomic mass is 16.5. The summed E-state index contributed by atoms with van der Waals surface area (Å²) in [6.07, 6.45) is 1.21. The molecule has 2 amide bonds. The van der Waals surface area contributed by atoms with Gasteiger partial charge in [0.15, 0.2) is 5.69 Å². The maximum Gasteiger partial charge on any atom is 0.274 e. The monoisotopic (exact) mass is 340 g/mol. The minimum atomic E-state index is -0.285. The van der Waals surface area contributed by atoms with Crippen molar-refractivity contribution in [2.24, 2.45) is 18.7 Å². The zero-order valence-corrected chi connectivity index (χ0v) is 14.1. The molecule has 0 saturated carbocycles. The summed E-state index contributed by atoms with van der Waals surface area (Å²) in [6, 6.07) is 7.76. The number of rotatable bonds is 2. The number of carbonyl (C=O) groups is 2. The second-order valence-electron chi connectivity index (χ2n) is 6.55. The number of nitrogens with two attached hydrogens (primary N) is 1. The van der Waals surface area contributed by atoms with Gasteiger partial charge in [0.25, 0.3) is 5.91 Å². The molecule has 2 aliphatic rings. The smallest absolute Gasteiger partial charge is 0.274 e. The zero-order chi connectivity index (χ0) is 17.6. The van der Waals surface area contributed by atoms with E-state index in [2.05, 4.69) is 5.10 Å². The number of aryl methyl sites for hydroxylation is 1. The molecule has 2 aromatic rings. The summed E-state index contributed by atoms with van der Waals surface area (Å²) in [4.78, 5) is 26.0. The van der Waals surface area contributed by atoms with Gasteiger partial charge in [0.05, 0.1) is 5.69 Å². The van der Waals surface area contributed by atoms with Crippen molar-refractivity contribution in [2.45, 2.75) is 19.4 Å². The molecule has 7 nitrogen and oxygen atoms in total. The van der Waals surface area contributed by atoms with Crippen molar-refractivity contribution >= 4 is 11.8 Å². The van der Waals surface area contributed by atoms with Gasteiger partial charge < -0.3 is 15.4 Å². The molecule has 0 bridgehead atoms. The number of nitrogens with zero attached hydrogens (tertiary/aromatic N) is 3. The van der Waals surface area contributed by atoms with Crippen molar-refractivity contribution in [3.63, 3.8) is 0 Å². The van der Waals surface area contributed by atoms with Crippen molar-refractivity contribution < 1.29 is 14.3 Å². The largest absolute Gasteiger partial charge is 0.488 e. The topological polar surface area (TPSA) is 90.5 Å². The maximum atomic E-state index is 13.0. The van der Waals surface area contributed by atoms with Crippen molar-refractivity contribution in [3.8, 4) is 17.0 Å². The Morgan fingerprint density at radius 2 is 1.96 bits per heavy atom. The van der Waals surface area contributed by atoms with E-state index in [1.165, 1.54) is 0 Å². The number of piperidine rings is 1. The maximum absolute atomic E-state index is 13.0. The quantitative estimate of drug-likeness (QED) is 0.892. The SMILES string of the molecule is Cn1nc(C(=O)N2CCC(C(N)=O)CC2)c2c1-c1ccccc1OC2. The van der Waals surface area contributed by atoms with Crippen molar-refractivity contribution in [1.82, 2.24) is 14.7 Å². The molecule has 0 atom stereocenters. The normalized spacial score (nSPS) is 16.8. The second kappa shape index (κ2) is 5.91. The van der Waals surface area contributed by atoms with E-state index >= 15 is 0 Å². The van der Waals surface area contributed by atoms with E-state index in [-0.39, 0.29) is 17.7 Å². The number of likely N-dealkylation sites (tertiary alicyclic amines) is 1. The number of carbonyl (C=O) groups excluding carboxylic acids is 2. The Bertz CT molecular complexity index is 850. The van der Waals surface area contributed by atoms with E-state index in [1.54, 1.807) is 9.58 Å². The zero-order valence-electron chi connectivity index (χ0n) is 14.1. The van der Waals surface area contributed by atoms with Gasteiger partial charge in [0, 0.05) is 37.2 Å². The molecule has 3 heterocycles. The van der Waals surface area contributed by atoms with Crippen LogP contribution in [0.25, 0.3) is 11.3 Å². The fourth-order valence-electron chi connectivity index (χ4n) is 3.67. The van der Waals surface area contributed by atoms with Crippen LogP contribution in [0.2, 0.25) is 0 Å². The van der Waals surface area contributed by atoms with E-state index < -0.39 is 0 Å². The Balaban J connectivity index is 1.63. The van der Waals surface area contributed by atoms with E-state index in [4.69, 9.17) is 10.5 Å². The van der Waals surface area contributed by atoms with Crippen LogP contribution in [0, 0.1) is 5.92 Å². The van der Waals surface area contributed by atoms with Crippen LogP contribution in [-0.4, -0.2) is 39.6 Å². The van der Waals surface area contributed by atoms with Crippen LogP contribution < -0.4 is 10.5 Å². The summed E-state index contributed by atoms with van der Waals surface area (Å²) in [5.74, 6) is 0.270. The van der Waals surface area contributed by atoms with Gasteiger partial charge in [0.1, 0.15) is 12.4 Å². The van der Waals surface area contributed by atoms with Crippen LogP contribution in [0.15, 0.2) is 24.3 Å². The number of para-hydroxylation sites is 1. The standard InChI is InChI=1S/C18H20N4O3/c1-21-16-12-4-2-3-5-14(12)25-10-13(16)15(20-21)18(24)22-8-6-11(7-9-22)17(19)23/h2-5,11H,6-10H2,1H3,(H2,19,23). The van der Waals surface area contributed by atoms with Crippen LogP contribution in [0.1, 0.15) is 28.9 Å². The lowest BCUT2D eigenvalue weighted by Crippen LogP contribution is -2.42. The van der Waals surface area contributed by atoms with Crippen molar-refractivity contribution in [2.75, 3.05) is 13.1 Å². The number of hydrogen-bond acceptors (Lipinski definition) is 4. The van der Waals surface area contributed by atoms with E-state index in [0.29, 0.717) is 38.2 Å². The van der Waals surface area contributed by atoms with Gasteiger partial charge in [-0.05, 0) is 25.0 Å². The van der Waals surface area contributed by atoms with E-state index in [0.717, 1.165) is 22.6 Å². The number of primary amides is 1. The first kappa shape index (κ1) is 15.7. The molecule has 1 fully saturated rings. The van der Waals surface area contributed by atoms with Gasteiger partial charge in [-0.2, -0.15) is 5.10 Å². The predicted molar refractivity (Wildman–Crippen MR) is 90.8 cm³/mol. The Hall–Kier alpha value is -2.83. The second-order valence-corrected chi connectivity index (χ2v) is 6.55. The average Bonchev–Trinajstić information content (AvgIpc) is 2.98. The molecule has 1 saturated heterocycles. The van der Waals surface area contributed by atoms with E-state index in [1.807, 2.05) is 31.3 Å². The number of aromatic nitrogens is 2. The number of ether oxygens (including phenoxy) is 1. The summed E-state index contributed by atoms with van der Waals surface area (Å²) in [5.41, 5.74) is 8.50. The molecule has 0 aliphatic carbocycles. The molecule has 7 heteroatoms. The third-order valence-corrected chi connectivity index (χ3v) is 5.05. The summed E-state index contributed by atoms with van der Waals surface area (Å²) in [5, 5.41) is 4.47. The molecule has 0 unspecified atom stereocenters. The van der Waals surface area contributed by atoms with Crippen LogP contribution in [0.4, 0.5) is 0 Å². The third kappa shape index (κ3) is 2.56. The lowest BCUT2D eigenvalue weighted by molar-refractivity contribution is -0.123. The van der Waals surface area contributed by atoms with Gasteiger partial charge in [-0.25, -0.2) is 0 Å². The Kier molecular flexibility index (Phi) is 3.71. The number of fused-ring (bicyclic) bond motifs is 3. The molecular weight excluding hydrogens is 320 g/mol. The van der Waals surface area contributed by atoms with Crippen molar-refractivity contribution in [3.05, 3.63) is 35.5 Å². The summed E-state index contributed by atoms with van der Waals surface area (Å²) < 4.78 is 7.55. The minimum Gasteiger partial charge on any atom is -0.488 e. The highest BCUT2D eigenvalue weighted by Crippen LogP contribution is 2.38. The highest BCUT2D eigenvalue weighted by molar-refractivity contribution is 5.96. The molecule has 25 heavy (non-hydrogen) atoms. The number of benzene rings is 1. The summed E-state index contributed by atoms with van der Waals surface area (Å²) in [6.45, 7) is 1.38. The molecule has 2 N–H and O–H groups in total. The summed E-state index contributed by atoms with van der Waals surface area (Å²) >= 11 is 0. The number of amides is 2. The van der Waals surface area contributed by atoms with Crippen LogP contribution in [-0.2, 0) is 18.4 Å². The molecule has 130 valence electrons. The molecular formula is C18H20N4O3. The molecule has 4 rings (SSSR count). The van der Waals surface area contributed by atoms with Crippen LogP contribution in [0.3, 0.4) is 0 Å². The first-order valence-corrected chi connectivity index (χ1v) is 8.43. The average molecular weight is 340 g/mol. The Labute approximate surface area is 145 Å². The van der Waals surface area contributed by atoms with Crippen molar-refractivity contribution in [1.29, 1.82) is 0 Å². The Morgan fingerprint density at radius 3 is 2.68 bits per heavy atom. The highest BCUT2D eigenvalue weighted by Gasteiger charge is 2.32. The minimum absolute atomic E-state index is 0.109. The Morgan fingerprint density at radius 1 is 1.24 bits per heavy atom. The first-order valence-electron chi connectivity index (χ1n) is 8.43. The molecule has 1 aromatic heterocycles. The van der Waals surface area contributed by atoms with Crippen LogP contribution in [0.5, 0.6) is 5.75 Å². The third-order valence-electron chi connectivity index (χ3n) is 5.05. The lowest BCUT2D eigenvalue weighted by atomic mass is 9.95. The van der Waals surface area contributed by atoms with Gasteiger partial charge in [-0.1, -0.05) is 12.1 Å². The van der Waals surface area contributed by atoms with Gasteiger partial charge >= 0.3 is 0 Å². The first-order chi connectivity index (χ1) is 12.1. The van der Waals surface area contributed by atoms with Gasteiger partial charge in [0.2, 0.25) is 5.91 Å². The summed E-state index contributed by atoms with van der Waals surface area (Å²) in [7, 11) is 1.84. The van der Waals surface area contributed by atoms with E-state index in [9.17, 15) is 9.59 Å². The van der Waals surface area contributed by atoms with Gasteiger partial charge in [-0.3, -0.25) is 14.3 Å². The lowest BCUT2D eigenvalue weighted by Gasteiger charge is -2.30. The molecule has 0 spiro atoms. The van der Waals surface area contributed by atoms with Crippen LogP contribution >= 0.6 is 0 Å². The van der Waals surface area contributed by atoms with Gasteiger partial charge in [-0.15, -0.1) is 0 Å². The molecule has 2 aliphatic heterocycles. The molecule has 1 aromatic carbocycles. The molecule has 0 radical (unpaired) electrons. The fourth-order valence-corrected chi connectivity index (χ4v) is 3.67.